The smallest absolute Gasteiger partial charge is 0.0543 e. The monoisotopic (exact) mass is 158 g/mol. The first-order chi connectivity index (χ1) is 5.33. The summed E-state index contributed by atoms with van der Waals surface area (Å²) in [6.45, 7) is 0.779. The third kappa shape index (κ3) is 4.38. The predicted octanol–water partition coefficient (Wildman–Crippen LogP) is 1.57. The van der Waals surface area contributed by atoms with Gasteiger partial charge in [-0.3, -0.25) is 0 Å². The summed E-state index contributed by atoms with van der Waals surface area (Å²) in [5, 5.41) is 9.43. The fraction of sp³-hybridized carbons (Fsp3) is 1.00. The molecule has 2 nitrogen and oxygen atoms in total. The number of aliphatic hydroxyl groups is 1. The molecule has 0 radical (unpaired) electrons. The topological polar surface area (TPSA) is 29.5 Å². The van der Waals surface area contributed by atoms with Crippen molar-refractivity contribution in [2.75, 3.05) is 13.7 Å². The first kappa shape index (κ1) is 9.01. The van der Waals surface area contributed by atoms with Gasteiger partial charge in [-0.15, -0.1) is 0 Å². The van der Waals surface area contributed by atoms with Gasteiger partial charge in [0.1, 0.15) is 0 Å². The molecule has 0 aromatic rings. The molecule has 0 aromatic carbocycles. The Labute approximate surface area is 68.6 Å². The average molecular weight is 158 g/mol. The van der Waals surface area contributed by atoms with Gasteiger partial charge in [-0.2, -0.15) is 0 Å². The molecule has 0 saturated heterocycles. The van der Waals surface area contributed by atoms with Crippen LogP contribution < -0.4 is 0 Å². The van der Waals surface area contributed by atoms with Crippen LogP contribution in [0.4, 0.5) is 0 Å². The minimum Gasteiger partial charge on any atom is -0.393 e. The first-order valence-electron chi connectivity index (χ1n) is 4.50. The lowest BCUT2D eigenvalue weighted by Crippen LogP contribution is -2.08. The summed E-state index contributed by atoms with van der Waals surface area (Å²) < 4.78 is 4.90. The Balaban J connectivity index is 1.87. The zero-order valence-corrected chi connectivity index (χ0v) is 7.25. The van der Waals surface area contributed by atoms with Crippen molar-refractivity contribution in [3.8, 4) is 0 Å². The summed E-state index contributed by atoms with van der Waals surface area (Å²) in [5.41, 5.74) is 0. The van der Waals surface area contributed by atoms with Gasteiger partial charge in [0.05, 0.1) is 6.10 Å². The fourth-order valence-electron chi connectivity index (χ4n) is 1.32. The number of rotatable bonds is 6. The second-order valence-corrected chi connectivity index (χ2v) is 3.47. The first-order valence-corrected chi connectivity index (χ1v) is 4.50. The number of methoxy groups -OCH3 is 1. The van der Waals surface area contributed by atoms with E-state index in [0.717, 1.165) is 31.8 Å². The van der Waals surface area contributed by atoms with Crippen molar-refractivity contribution in [1.29, 1.82) is 0 Å². The van der Waals surface area contributed by atoms with E-state index in [0.29, 0.717) is 0 Å². The third-order valence-electron chi connectivity index (χ3n) is 2.19. The van der Waals surface area contributed by atoms with E-state index in [1.165, 1.54) is 12.8 Å². The highest BCUT2D eigenvalue weighted by molar-refractivity contribution is 4.76. The fourth-order valence-corrected chi connectivity index (χ4v) is 1.32. The summed E-state index contributed by atoms with van der Waals surface area (Å²) in [6, 6.07) is 0. The number of hydrogen-bond donors (Lipinski definition) is 1. The predicted molar refractivity (Wildman–Crippen MR) is 44.5 cm³/mol. The van der Waals surface area contributed by atoms with Crippen molar-refractivity contribution in [3.63, 3.8) is 0 Å². The second-order valence-electron chi connectivity index (χ2n) is 3.47. The molecule has 0 aromatic heterocycles. The maximum absolute atomic E-state index is 9.43. The second kappa shape index (κ2) is 4.73. The van der Waals surface area contributed by atoms with Gasteiger partial charge in [-0.1, -0.05) is 12.8 Å². The molecule has 11 heavy (non-hydrogen) atoms. The molecule has 0 aliphatic heterocycles. The largest absolute Gasteiger partial charge is 0.393 e. The summed E-state index contributed by atoms with van der Waals surface area (Å²) in [5.74, 6) is 0.840. The molecule has 1 aliphatic carbocycles. The van der Waals surface area contributed by atoms with Crippen LogP contribution >= 0.6 is 0 Å². The standard InChI is InChI=1S/C9H18O2/c1-11-6-2-3-9(10)7-8-4-5-8/h8-10H,2-7H2,1H3. The molecule has 0 amide bonds. The molecule has 1 rings (SSSR count). The molecule has 1 N–H and O–H groups in total. The van der Waals surface area contributed by atoms with Gasteiger partial charge in [0.15, 0.2) is 0 Å². The Morgan fingerprint density at radius 3 is 2.82 bits per heavy atom. The van der Waals surface area contributed by atoms with Crippen molar-refractivity contribution in [2.45, 2.75) is 38.2 Å². The van der Waals surface area contributed by atoms with Gasteiger partial charge in [-0.25, -0.2) is 0 Å². The molecule has 1 saturated carbocycles. The van der Waals surface area contributed by atoms with E-state index in [1.807, 2.05) is 0 Å². The van der Waals surface area contributed by atoms with Crippen LogP contribution in [0.25, 0.3) is 0 Å². The number of ether oxygens (including phenoxy) is 1. The van der Waals surface area contributed by atoms with E-state index in [-0.39, 0.29) is 6.10 Å². The Hall–Kier alpha value is -0.0800. The van der Waals surface area contributed by atoms with Crippen LogP contribution in [-0.2, 0) is 4.74 Å². The van der Waals surface area contributed by atoms with Crippen LogP contribution in [0.2, 0.25) is 0 Å². The molecule has 1 fully saturated rings. The summed E-state index contributed by atoms with van der Waals surface area (Å²) >= 11 is 0. The number of hydrogen-bond acceptors (Lipinski definition) is 2. The van der Waals surface area contributed by atoms with E-state index < -0.39 is 0 Å². The SMILES string of the molecule is COCCCC(O)CC1CC1. The van der Waals surface area contributed by atoms with Crippen LogP contribution in [0, 0.1) is 5.92 Å². The highest BCUT2D eigenvalue weighted by Gasteiger charge is 2.23. The van der Waals surface area contributed by atoms with E-state index >= 15 is 0 Å². The zero-order chi connectivity index (χ0) is 8.10. The van der Waals surface area contributed by atoms with Crippen LogP contribution in [0.5, 0.6) is 0 Å². The van der Waals surface area contributed by atoms with Crippen LogP contribution in [-0.4, -0.2) is 24.9 Å². The maximum Gasteiger partial charge on any atom is 0.0543 e. The van der Waals surface area contributed by atoms with Crippen molar-refractivity contribution >= 4 is 0 Å². The van der Waals surface area contributed by atoms with E-state index in [9.17, 15) is 5.11 Å². The van der Waals surface area contributed by atoms with Gasteiger partial charge in [0, 0.05) is 13.7 Å². The van der Waals surface area contributed by atoms with E-state index in [1.54, 1.807) is 7.11 Å². The Morgan fingerprint density at radius 1 is 1.55 bits per heavy atom. The van der Waals surface area contributed by atoms with Gasteiger partial charge >= 0.3 is 0 Å². The van der Waals surface area contributed by atoms with Crippen LogP contribution in [0.1, 0.15) is 32.1 Å². The van der Waals surface area contributed by atoms with Crippen LogP contribution in [0.15, 0.2) is 0 Å². The van der Waals surface area contributed by atoms with Gasteiger partial charge in [-0.05, 0) is 25.2 Å². The van der Waals surface area contributed by atoms with E-state index in [2.05, 4.69) is 0 Å². The molecule has 0 heterocycles. The van der Waals surface area contributed by atoms with Crippen molar-refractivity contribution < 1.29 is 9.84 Å². The van der Waals surface area contributed by atoms with E-state index in [4.69, 9.17) is 4.74 Å². The molecule has 0 spiro atoms. The zero-order valence-electron chi connectivity index (χ0n) is 7.25. The Bertz CT molecular complexity index is 99.7. The molecule has 0 bridgehead atoms. The van der Waals surface area contributed by atoms with Gasteiger partial charge in [0.25, 0.3) is 0 Å². The van der Waals surface area contributed by atoms with Gasteiger partial charge < -0.3 is 9.84 Å². The molecular formula is C9H18O2. The molecule has 1 atom stereocenters. The van der Waals surface area contributed by atoms with Gasteiger partial charge in [0.2, 0.25) is 0 Å². The molecule has 1 unspecified atom stereocenters. The molecule has 66 valence electrons. The third-order valence-corrected chi connectivity index (χ3v) is 2.19. The summed E-state index contributed by atoms with van der Waals surface area (Å²) in [6.07, 6.45) is 5.51. The quantitative estimate of drug-likeness (QED) is 0.595. The maximum atomic E-state index is 9.43. The molecule has 2 heteroatoms. The number of aliphatic hydroxyl groups excluding tert-OH is 1. The average Bonchev–Trinajstić information content (AvgIpc) is 2.72. The lowest BCUT2D eigenvalue weighted by molar-refractivity contribution is 0.124. The lowest BCUT2D eigenvalue weighted by atomic mass is 10.1. The Morgan fingerprint density at radius 2 is 2.27 bits per heavy atom. The molecule has 1 aliphatic rings. The summed E-state index contributed by atoms with van der Waals surface area (Å²) in [7, 11) is 1.70. The highest BCUT2D eigenvalue weighted by atomic mass is 16.5. The highest BCUT2D eigenvalue weighted by Crippen LogP contribution is 2.34. The van der Waals surface area contributed by atoms with Crippen molar-refractivity contribution in [3.05, 3.63) is 0 Å². The Kier molecular flexibility index (Phi) is 3.87. The normalized spacial score (nSPS) is 20.2. The lowest BCUT2D eigenvalue weighted by Gasteiger charge is -2.08. The molecular weight excluding hydrogens is 140 g/mol. The van der Waals surface area contributed by atoms with Crippen molar-refractivity contribution in [2.24, 2.45) is 5.92 Å². The summed E-state index contributed by atoms with van der Waals surface area (Å²) in [4.78, 5) is 0. The van der Waals surface area contributed by atoms with Crippen molar-refractivity contribution in [1.82, 2.24) is 0 Å². The minimum absolute atomic E-state index is 0.0716. The minimum atomic E-state index is -0.0716. The van der Waals surface area contributed by atoms with Crippen LogP contribution in [0.3, 0.4) is 0 Å².